The second-order valence-electron chi connectivity index (χ2n) is 7.44. The van der Waals surface area contributed by atoms with Gasteiger partial charge in [0.2, 0.25) is 5.95 Å². The quantitative estimate of drug-likeness (QED) is 0.524. The van der Waals surface area contributed by atoms with Crippen LogP contribution in [-0.2, 0) is 4.74 Å². The zero-order chi connectivity index (χ0) is 20.7. The van der Waals surface area contributed by atoms with Crippen LogP contribution < -0.4 is 4.90 Å². The summed E-state index contributed by atoms with van der Waals surface area (Å²) < 4.78 is 19.3. The number of fused-ring (bicyclic) bond motifs is 1. The third-order valence-corrected chi connectivity index (χ3v) is 5.47. The van der Waals surface area contributed by atoms with Gasteiger partial charge in [-0.15, -0.1) is 0 Å². The van der Waals surface area contributed by atoms with Crippen LogP contribution in [0.1, 0.15) is 12.6 Å². The molecule has 8 heteroatoms. The summed E-state index contributed by atoms with van der Waals surface area (Å²) in [5, 5.41) is 7.97. The third-order valence-electron chi connectivity index (χ3n) is 5.47. The molecule has 1 aliphatic heterocycles. The van der Waals surface area contributed by atoms with Gasteiger partial charge in [0.05, 0.1) is 24.9 Å². The molecule has 0 saturated carbocycles. The van der Waals surface area contributed by atoms with E-state index in [1.54, 1.807) is 18.5 Å². The molecular weight excluding hydrogens is 383 g/mol. The minimum Gasteiger partial charge on any atom is -0.377 e. The van der Waals surface area contributed by atoms with Crippen molar-refractivity contribution in [3.8, 4) is 22.5 Å². The number of pyridine rings is 3. The highest BCUT2D eigenvalue weighted by atomic mass is 19.1. The average molecular weight is 404 g/mol. The number of halogens is 1. The van der Waals surface area contributed by atoms with E-state index >= 15 is 0 Å². The maximum absolute atomic E-state index is 13.7. The highest BCUT2D eigenvalue weighted by molar-refractivity contribution is 6.01. The fourth-order valence-corrected chi connectivity index (χ4v) is 3.98. The molecule has 1 N–H and O–H groups in total. The SMILES string of the molecule is Cc1nc(F)ccc1-c1cc(N2CCOCC2C)nc2c(-c3ccn[nH]3)nccc12. The van der Waals surface area contributed by atoms with E-state index in [-0.39, 0.29) is 6.04 Å². The second-order valence-corrected chi connectivity index (χ2v) is 7.44. The van der Waals surface area contributed by atoms with Crippen molar-refractivity contribution in [3.63, 3.8) is 0 Å². The molecule has 1 unspecified atom stereocenters. The Morgan fingerprint density at radius 2 is 2.03 bits per heavy atom. The summed E-state index contributed by atoms with van der Waals surface area (Å²) in [5.74, 6) is 0.349. The lowest BCUT2D eigenvalue weighted by Crippen LogP contribution is -2.44. The van der Waals surface area contributed by atoms with Gasteiger partial charge < -0.3 is 9.64 Å². The third kappa shape index (κ3) is 3.19. The molecular formula is C22H21FN6O. The van der Waals surface area contributed by atoms with Crippen molar-refractivity contribution in [2.24, 2.45) is 0 Å². The van der Waals surface area contributed by atoms with E-state index in [0.29, 0.717) is 18.9 Å². The standard InChI is InChI=1S/C22H21FN6O/c1-13-12-30-10-9-29(13)20-11-17(15-3-4-19(23)26-14(15)2)16-5-7-24-22(21(16)27-20)18-6-8-25-28-18/h3-8,11,13H,9-10,12H2,1-2H3,(H,25,28). The Kier molecular flexibility index (Phi) is 4.63. The van der Waals surface area contributed by atoms with Gasteiger partial charge in [0.15, 0.2) is 0 Å². The average Bonchev–Trinajstić information content (AvgIpc) is 3.28. The van der Waals surface area contributed by atoms with Gasteiger partial charge >= 0.3 is 0 Å². The molecule has 5 heterocycles. The summed E-state index contributed by atoms with van der Waals surface area (Å²) in [6, 6.07) is 9.22. The number of nitrogens with one attached hydrogen (secondary N) is 1. The van der Waals surface area contributed by atoms with E-state index in [0.717, 1.165) is 45.8 Å². The van der Waals surface area contributed by atoms with Gasteiger partial charge in [0.1, 0.15) is 17.0 Å². The molecule has 4 aromatic rings. The molecule has 1 atom stereocenters. The molecule has 4 aromatic heterocycles. The van der Waals surface area contributed by atoms with Crippen LogP contribution in [0.15, 0.2) is 42.7 Å². The monoisotopic (exact) mass is 404 g/mol. The summed E-state index contributed by atoms with van der Waals surface area (Å²) in [7, 11) is 0. The van der Waals surface area contributed by atoms with E-state index in [1.165, 1.54) is 6.07 Å². The molecule has 152 valence electrons. The van der Waals surface area contributed by atoms with Crippen LogP contribution in [0.3, 0.4) is 0 Å². The number of ether oxygens (including phenoxy) is 1. The van der Waals surface area contributed by atoms with E-state index < -0.39 is 5.95 Å². The van der Waals surface area contributed by atoms with Crippen molar-refractivity contribution < 1.29 is 9.13 Å². The molecule has 1 fully saturated rings. The van der Waals surface area contributed by atoms with Gasteiger partial charge in [-0.2, -0.15) is 9.49 Å². The number of nitrogens with zero attached hydrogens (tertiary/aromatic N) is 5. The lowest BCUT2D eigenvalue weighted by atomic mass is 9.99. The number of rotatable bonds is 3. The minimum absolute atomic E-state index is 0.191. The summed E-state index contributed by atoms with van der Waals surface area (Å²) in [4.78, 5) is 15.8. The van der Waals surface area contributed by atoms with Gasteiger partial charge in [-0.25, -0.2) is 9.97 Å². The first kappa shape index (κ1) is 18.6. The lowest BCUT2D eigenvalue weighted by Gasteiger charge is -2.34. The van der Waals surface area contributed by atoms with Crippen LogP contribution >= 0.6 is 0 Å². The Labute approximate surface area is 173 Å². The Balaban J connectivity index is 1.80. The van der Waals surface area contributed by atoms with E-state index in [4.69, 9.17) is 9.72 Å². The summed E-state index contributed by atoms with van der Waals surface area (Å²) >= 11 is 0. The fraction of sp³-hybridized carbons (Fsp3) is 0.273. The van der Waals surface area contributed by atoms with Crippen molar-refractivity contribution in [3.05, 3.63) is 54.4 Å². The smallest absolute Gasteiger partial charge is 0.213 e. The maximum Gasteiger partial charge on any atom is 0.213 e. The summed E-state index contributed by atoms with van der Waals surface area (Å²) in [6.07, 6.45) is 3.45. The second kappa shape index (κ2) is 7.46. The van der Waals surface area contributed by atoms with Crippen LogP contribution in [0.25, 0.3) is 33.4 Å². The fourth-order valence-electron chi connectivity index (χ4n) is 3.98. The first-order valence-electron chi connectivity index (χ1n) is 9.89. The Bertz CT molecular complexity index is 1210. The van der Waals surface area contributed by atoms with Crippen LogP contribution in [0.5, 0.6) is 0 Å². The first-order valence-corrected chi connectivity index (χ1v) is 9.89. The summed E-state index contributed by atoms with van der Waals surface area (Å²) in [5.41, 5.74) is 4.72. The topological polar surface area (TPSA) is 79.8 Å². The number of hydrogen-bond acceptors (Lipinski definition) is 6. The van der Waals surface area contributed by atoms with Crippen LogP contribution in [0.2, 0.25) is 0 Å². The summed E-state index contributed by atoms with van der Waals surface area (Å²) in [6.45, 7) is 5.98. The predicted octanol–water partition coefficient (Wildman–Crippen LogP) is 3.75. The number of aromatic nitrogens is 5. The maximum atomic E-state index is 13.7. The first-order chi connectivity index (χ1) is 14.6. The largest absolute Gasteiger partial charge is 0.377 e. The van der Waals surface area contributed by atoms with Gasteiger partial charge in [-0.05, 0) is 49.7 Å². The van der Waals surface area contributed by atoms with Gasteiger partial charge in [-0.3, -0.25) is 10.1 Å². The number of H-pyrrole nitrogens is 1. The normalized spacial score (nSPS) is 16.9. The molecule has 0 spiro atoms. The van der Waals surface area contributed by atoms with Crippen LogP contribution in [-0.4, -0.2) is 50.9 Å². The van der Waals surface area contributed by atoms with Crippen molar-refractivity contribution in [1.29, 1.82) is 0 Å². The Morgan fingerprint density at radius 1 is 1.13 bits per heavy atom. The predicted molar refractivity (Wildman–Crippen MR) is 113 cm³/mol. The highest BCUT2D eigenvalue weighted by Crippen LogP contribution is 2.36. The number of anilines is 1. The van der Waals surface area contributed by atoms with Gasteiger partial charge in [-0.1, -0.05) is 0 Å². The van der Waals surface area contributed by atoms with E-state index in [1.807, 2.05) is 19.1 Å². The lowest BCUT2D eigenvalue weighted by molar-refractivity contribution is 0.0986. The number of aryl methyl sites for hydroxylation is 1. The molecule has 5 rings (SSSR count). The Hall–Kier alpha value is -3.39. The molecule has 0 bridgehead atoms. The highest BCUT2D eigenvalue weighted by Gasteiger charge is 2.23. The van der Waals surface area contributed by atoms with E-state index in [9.17, 15) is 4.39 Å². The van der Waals surface area contributed by atoms with Crippen molar-refractivity contribution in [1.82, 2.24) is 25.1 Å². The molecule has 0 amide bonds. The number of morpholine rings is 1. The van der Waals surface area contributed by atoms with Crippen molar-refractivity contribution in [2.45, 2.75) is 19.9 Å². The molecule has 30 heavy (non-hydrogen) atoms. The molecule has 0 aliphatic carbocycles. The van der Waals surface area contributed by atoms with Crippen molar-refractivity contribution in [2.75, 3.05) is 24.7 Å². The molecule has 1 aliphatic rings. The zero-order valence-corrected chi connectivity index (χ0v) is 16.8. The van der Waals surface area contributed by atoms with Gasteiger partial charge in [0, 0.05) is 35.6 Å². The minimum atomic E-state index is -0.489. The molecule has 0 radical (unpaired) electrons. The number of aromatic amines is 1. The zero-order valence-electron chi connectivity index (χ0n) is 16.8. The Morgan fingerprint density at radius 3 is 2.80 bits per heavy atom. The van der Waals surface area contributed by atoms with Crippen LogP contribution in [0.4, 0.5) is 10.2 Å². The number of hydrogen-bond donors (Lipinski definition) is 1. The van der Waals surface area contributed by atoms with E-state index in [2.05, 4.69) is 38.1 Å². The van der Waals surface area contributed by atoms with Crippen LogP contribution in [0, 0.1) is 12.9 Å². The molecule has 0 aromatic carbocycles. The van der Waals surface area contributed by atoms with Gasteiger partial charge in [0.25, 0.3) is 0 Å². The van der Waals surface area contributed by atoms with Crippen molar-refractivity contribution >= 4 is 16.7 Å². The molecule has 1 saturated heterocycles. The molecule has 7 nitrogen and oxygen atoms in total.